The van der Waals surface area contributed by atoms with Crippen molar-refractivity contribution in [3.63, 3.8) is 0 Å². The number of carbonyl (C=O) groups is 2. The molecule has 0 unspecified atom stereocenters. The first-order valence-electron chi connectivity index (χ1n) is 11.1. The van der Waals surface area contributed by atoms with Crippen LogP contribution in [0.5, 0.6) is 11.5 Å². The van der Waals surface area contributed by atoms with Crippen LogP contribution in [0, 0.1) is 0 Å². The van der Waals surface area contributed by atoms with Crippen LogP contribution in [0.4, 0.5) is 0 Å². The largest absolute Gasteiger partial charge is 0.467 e. The lowest BCUT2D eigenvalue weighted by molar-refractivity contribution is -0.142. The summed E-state index contributed by atoms with van der Waals surface area (Å²) in [6.45, 7) is 3.20. The van der Waals surface area contributed by atoms with Gasteiger partial charge in [-0.25, -0.2) is 0 Å². The predicted molar refractivity (Wildman–Crippen MR) is 114 cm³/mol. The summed E-state index contributed by atoms with van der Waals surface area (Å²) in [4.78, 5) is 29.6. The summed E-state index contributed by atoms with van der Waals surface area (Å²) in [5, 5.41) is 0. The first-order chi connectivity index (χ1) is 15.1. The number of hydrogen-bond acceptors (Lipinski definition) is 5. The molecular weight excluding hydrogens is 396 g/mol. The van der Waals surface area contributed by atoms with Crippen LogP contribution in [0.1, 0.15) is 56.8 Å². The molecule has 31 heavy (non-hydrogen) atoms. The number of ether oxygens (including phenoxy) is 2. The summed E-state index contributed by atoms with van der Waals surface area (Å²) < 4.78 is 16.3. The minimum Gasteiger partial charge on any atom is -0.467 e. The van der Waals surface area contributed by atoms with Crippen molar-refractivity contribution in [3.05, 3.63) is 47.9 Å². The highest BCUT2D eigenvalue weighted by Gasteiger charge is 2.34. The summed E-state index contributed by atoms with van der Waals surface area (Å²) in [7, 11) is 0. The van der Waals surface area contributed by atoms with E-state index in [2.05, 4.69) is 6.92 Å². The number of rotatable bonds is 11. The Morgan fingerprint density at radius 2 is 1.87 bits per heavy atom. The molecule has 2 aliphatic rings. The first-order valence-corrected chi connectivity index (χ1v) is 11.1. The van der Waals surface area contributed by atoms with Crippen molar-refractivity contribution >= 4 is 11.8 Å². The molecule has 1 aromatic carbocycles. The van der Waals surface area contributed by atoms with E-state index in [-0.39, 0.29) is 31.2 Å². The Hall–Kier alpha value is -2.96. The zero-order valence-corrected chi connectivity index (χ0v) is 18.0. The van der Waals surface area contributed by atoms with E-state index >= 15 is 0 Å². The maximum absolute atomic E-state index is 13.3. The Balaban J connectivity index is 1.46. The van der Waals surface area contributed by atoms with Gasteiger partial charge in [-0.15, -0.1) is 0 Å². The van der Waals surface area contributed by atoms with Gasteiger partial charge in [0.1, 0.15) is 12.3 Å². The van der Waals surface area contributed by atoms with Gasteiger partial charge in [0.05, 0.1) is 12.8 Å². The number of hydrogen-bond donors (Lipinski definition) is 0. The Labute approximate surface area is 182 Å². The normalized spacial score (nSPS) is 14.5. The molecule has 0 atom stereocenters. The molecule has 166 valence electrons. The highest BCUT2D eigenvalue weighted by atomic mass is 16.7. The van der Waals surface area contributed by atoms with E-state index in [9.17, 15) is 9.59 Å². The maximum atomic E-state index is 13.3. The molecule has 0 bridgehead atoms. The van der Waals surface area contributed by atoms with Gasteiger partial charge in [-0.3, -0.25) is 9.59 Å². The molecule has 1 aromatic heterocycles. The highest BCUT2D eigenvalue weighted by molar-refractivity contribution is 5.85. The third-order valence-electron chi connectivity index (χ3n) is 5.70. The first kappa shape index (κ1) is 21.3. The van der Waals surface area contributed by atoms with Crippen LogP contribution in [-0.4, -0.2) is 41.0 Å². The van der Waals surface area contributed by atoms with E-state index in [1.807, 2.05) is 30.3 Å². The third-order valence-corrected chi connectivity index (χ3v) is 5.70. The monoisotopic (exact) mass is 426 g/mol. The van der Waals surface area contributed by atoms with Gasteiger partial charge in [0, 0.05) is 19.0 Å². The summed E-state index contributed by atoms with van der Waals surface area (Å²) in [5.41, 5.74) is 0.941. The second kappa shape index (κ2) is 9.90. The van der Waals surface area contributed by atoms with Gasteiger partial charge in [0.15, 0.2) is 11.5 Å². The lowest BCUT2D eigenvalue weighted by Crippen LogP contribution is -2.43. The van der Waals surface area contributed by atoms with Gasteiger partial charge in [0.25, 0.3) is 0 Å². The fourth-order valence-corrected chi connectivity index (χ4v) is 3.81. The molecule has 0 spiro atoms. The number of unbranched alkanes of at least 4 members (excludes halogenated alkanes) is 2. The van der Waals surface area contributed by atoms with Crippen molar-refractivity contribution in [2.75, 3.05) is 13.3 Å². The van der Waals surface area contributed by atoms with Crippen LogP contribution in [0.2, 0.25) is 0 Å². The Kier molecular flexibility index (Phi) is 6.79. The van der Waals surface area contributed by atoms with Crippen molar-refractivity contribution in [2.24, 2.45) is 0 Å². The average Bonchev–Trinajstić information content (AvgIpc) is 3.27. The summed E-state index contributed by atoms with van der Waals surface area (Å²) in [6.07, 6.45) is 7.06. The fourth-order valence-electron chi connectivity index (χ4n) is 3.81. The van der Waals surface area contributed by atoms with Crippen LogP contribution in [0.15, 0.2) is 41.0 Å². The topological polar surface area (TPSA) is 72.2 Å². The number of furan rings is 1. The Bertz CT molecular complexity index is 891. The molecule has 0 N–H and O–H groups in total. The number of fused-ring (bicyclic) bond motifs is 1. The smallest absolute Gasteiger partial charge is 0.242 e. The second-order valence-electron chi connectivity index (χ2n) is 8.23. The second-order valence-corrected chi connectivity index (χ2v) is 8.23. The number of benzene rings is 1. The SMILES string of the molecule is CCCCCC(=O)N(CC(=O)N(Cc1ccc2c(c1)OCO2)Cc1ccco1)C1CC1. The van der Waals surface area contributed by atoms with E-state index < -0.39 is 0 Å². The molecule has 0 saturated heterocycles. The minimum absolute atomic E-state index is 0.0789. The van der Waals surface area contributed by atoms with E-state index in [1.54, 1.807) is 16.1 Å². The van der Waals surface area contributed by atoms with Gasteiger partial charge >= 0.3 is 0 Å². The quantitative estimate of drug-likeness (QED) is 0.506. The average molecular weight is 427 g/mol. The lowest BCUT2D eigenvalue weighted by atomic mass is 10.1. The Morgan fingerprint density at radius 1 is 1.03 bits per heavy atom. The number of amides is 2. The lowest BCUT2D eigenvalue weighted by Gasteiger charge is -2.27. The van der Waals surface area contributed by atoms with E-state index in [1.165, 1.54) is 0 Å². The molecule has 2 amide bonds. The third kappa shape index (κ3) is 5.60. The van der Waals surface area contributed by atoms with Crippen LogP contribution in [0.3, 0.4) is 0 Å². The van der Waals surface area contributed by atoms with Crippen LogP contribution in [-0.2, 0) is 22.7 Å². The zero-order chi connectivity index (χ0) is 21.6. The standard InChI is InChI=1S/C24H30N2O5/c1-2-3-4-7-23(27)26(19-9-10-19)16-24(28)25(15-20-6-5-12-29-20)14-18-8-11-21-22(13-18)31-17-30-21/h5-6,8,11-13,19H,2-4,7,9-10,14-17H2,1H3. The van der Waals surface area contributed by atoms with Gasteiger partial charge in [-0.05, 0) is 49.1 Å². The predicted octanol–water partition coefficient (Wildman–Crippen LogP) is 4.11. The molecule has 1 saturated carbocycles. The van der Waals surface area contributed by atoms with Gasteiger partial charge < -0.3 is 23.7 Å². The van der Waals surface area contributed by atoms with E-state index in [4.69, 9.17) is 13.9 Å². The number of carbonyl (C=O) groups excluding carboxylic acids is 2. The van der Waals surface area contributed by atoms with Crippen molar-refractivity contribution in [2.45, 2.75) is 64.6 Å². The van der Waals surface area contributed by atoms with Crippen LogP contribution in [0.25, 0.3) is 0 Å². The molecule has 2 aromatic rings. The molecule has 7 nitrogen and oxygen atoms in total. The van der Waals surface area contributed by atoms with Gasteiger partial charge in [-0.2, -0.15) is 0 Å². The van der Waals surface area contributed by atoms with Crippen LogP contribution >= 0.6 is 0 Å². The van der Waals surface area contributed by atoms with E-state index in [0.29, 0.717) is 36.8 Å². The summed E-state index contributed by atoms with van der Waals surface area (Å²) in [6, 6.07) is 9.57. The van der Waals surface area contributed by atoms with Gasteiger partial charge in [-0.1, -0.05) is 25.8 Å². The summed E-state index contributed by atoms with van der Waals surface area (Å²) >= 11 is 0. The molecular formula is C24H30N2O5. The minimum atomic E-state index is -0.0789. The molecule has 2 heterocycles. The molecule has 0 radical (unpaired) electrons. The van der Waals surface area contributed by atoms with Crippen LogP contribution < -0.4 is 9.47 Å². The highest BCUT2D eigenvalue weighted by Crippen LogP contribution is 2.33. The maximum Gasteiger partial charge on any atom is 0.242 e. The Morgan fingerprint density at radius 3 is 2.61 bits per heavy atom. The molecule has 4 rings (SSSR count). The summed E-state index contributed by atoms with van der Waals surface area (Å²) in [5.74, 6) is 2.12. The molecule has 7 heteroatoms. The van der Waals surface area contributed by atoms with E-state index in [0.717, 1.165) is 37.7 Å². The number of nitrogens with zero attached hydrogens (tertiary/aromatic N) is 2. The van der Waals surface area contributed by atoms with Gasteiger partial charge in [0.2, 0.25) is 18.6 Å². The van der Waals surface area contributed by atoms with Crippen molar-refractivity contribution < 1.29 is 23.5 Å². The molecule has 1 fully saturated rings. The molecule has 1 aliphatic carbocycles. The van der Waals surface area contributed by atoms with Crippen molar-refractivity contribution in [3.8, 4) is 11.5 Å². The zero-order valence-electron chi connectivity index (χ0n) is 18.0. The molecule has 1 aliphatic heterocycles. The fraction of sp³-hybridized carbons (Fsp3) is 0.500. The van der Waals surface area contributed by atoms with Crippen molar-refractivity contribution in [1.82, 2.24) is 9.80 Å². The van der Waals surface area contributed by atoms with Crippen molar-refractivity contribution in [1.29, 1.82) is 0 Å².